The molecule has 1 fully saturated rings. The van der Waals surface area contributed by atoms with Crippen molar-refractivity contribution in [3.05, 3.63) is 65.0 Å². The molecule has 4 aromatic rings. The van der Waals surface area contributed by atoms with E-state index in [1.807, 2.05) is 48.2 Å². The summed E-state index contributed by atoms with van der Waals surface area (Å²) in [5.41, 5.74) is 3.16. The molecule has 0 atom stereocenters. The number of fused-ring (bicyclic) bond motifs is 1. The summed E-state index contributed by atoms with van der Waals surface area (Å²) < 4.78 is 6.57. The number of aromatic nitrogens is 3. The lowest BCUT2D eigenvalue weighted by Crippen LogP contribution is -2.48. The smallest absolute Gasteiger partial charge is 0.227 e. The molecular formula is C24H25N5O2S. The van der Waals surface area contributed by atoms with Crippen molar-refractivity contribution in [3.63, 3.8) is 0 Å². The highest BCUT2D eigenvalue weighted by molar-refractivity contribution is 7.18. The van der Waals surface area contributed by atoms with Crippen LogP contribution in [0.1, 0.15) is 22.9 Å². The predicted octanol–water partition coefficient (Wildman–Crippen LogP) is 3.93. The van der Waals surface area contributed by atoms with Crippen molar-refractivity contribution >= 4 is 27.5 Å². The van der Waals surface area contributed by atoms with E-state index in [-0.39, 0.29) is 5.91 Å². The van der Waals surface area contributed by atoms with Crippen molar-refractivity contribution in [2.45, 2.75) is 26.3 Å². The minimum absolute atomic E-state index is 0.139. The van der Waals surface area contributed by atoms with Crippen LogP contribution in [0.5, 0.6) is 0 Å². The maximum absolute atomic E-state index is 12.7. The van der Waals surface area contributed by atoms with Crippen LogP contribution in [0.3, 0.4) is 0 Å². The SMILES string of the molecule is Cc1ccc(-c2noc(CCC(=O)N3CCN(Cc4nc5ccccc5s4)CC3)n2)cc1. The molecule has 0 spiro atoms. The van der Waals surface area contributed by atoms with Gasteiger partial charge in [-0.2, -0.15) is 4.98 Å². The van der Waals surface area contributed by atoms with Crippen LogP contribution < -0.4 is 0 Å². The predicted molar refractivity (Wildman–Crippen MR) is 124 cm³/mol. The summed E-state index contributed by atoms with van der Waals surface area (Å²) in [4.78, 5) is 26.1. The van der Waals surface area contributed by atoms with Gasteiger partial charge in [0.25, 0.3) is 0 Å². The second-order valence-electron chi connectivity index (χ2n) is 8.11. The molecule has 5 rings (SSSR count). The van der Waals surface area contributed by atoms with Gasteiger partial charge < -0.3 is 9.42 Å². The zero-order valence-electron chi connectivity index (χ0n) is 18.0. The van der Waals surface area contributed by atoms with Gasteiger partial charge in [0.05, 0.1) is 16.8 Å². The number of piperazine rings is 1. The highest BCUT2D eigenvalue weighted by atomic mass is 32.1. The summed E-state index contributed by atoms with van der Waals surface area (Å²) in [5, 5.41) is 5.18. The fraction of sp³-hybridized carbons (Fsp3) is 0.333. The van der Waals surface area contributed by atoms with Crippen LogP contribution in [0.15, 0.2) is 53.1 Å². The highest BCUT2D eigenvalue weighted by Gasteiger charge is 2.22. The van der Waals surface area contributed by atoms with Gasteiger partial charge in [-0.3, -0.25) is 9.69 Å². The Labute approximate surface area is 190 Å². The number of amides is 1. The number of carbonyl (C=O) groups is 1. The molecule has 1 aliphatic heterocycles. The molecule has 0 unspecified atom stereocenters. The molecule has 0 bridgehead atoms. The van der Waals surface area contributed by atoms with Gasteiger partial charge in [-0.15, -0.1) is 11.3 Å². The van der Waals surface area contributed by atoms with Gasteiger partial charge in [0.2, 0.25) is 17.6 Å². The first-order valence-corrected chi connectivity index (χ1v) is 11.7. The molecule has 1 saturated heterocycles. The third-order valence-electron chi connectivity index (χ3n) is 5.75. The molecule has 0 N–H and O–H groups in total. The maximum atomic E-state index is 12.7. The molecule has 0 aliphatic carbocycles. The fourth-order valence-electron chi connectivity index (χ4n) is 3.88. The normalized spacial score (nSPS) is 14.8. The van der Waals surface area contributed by atoms with E-state index in [0.717, 1.165) is 48.8 Å². The van der Waals surface area contributed by atoms with Crippen LogP contribution in [0, 0.1) is 6.92 Å². The number of benzene rings is 2. The number of rotatable bonds is 6. The fourth-order valence-corrected chi connectivity index (χ4v) is 4.89. The van der Waals surface area contributed by atoms with Crippen LogP contribution >= 0.6 is 11.3 Å². The van der Waals surface area contributed by atoms with E-state index in [1.165, 1.54) is 10.3 Å². The Balaban J connectivity index is 1.10. The van der Waals surface area contributed by atoms with Gasteiger partial charge in [-0.25, -0.2) is 4.98 Å². The van der Waals surface area contributed by atoms with Gasteiger partial charge in [0.1, 0.15) is 5.01 Å². The van der Waals surface area contributed by atoms with Gasteiger partial charge >= 0.3 is 0 Å². The number of nitrogens with zero attached hydrogens (tertiary/aromatic N) is 5. The van der Waals surface area contributed by atoms with Crippen LogP contribution in [0.2, 0.25) is 0 Å². The summed E-state index contributed by atoms with van der Waals surface area (Å²) in [6.07, 6.45) is 0.844. The third-order valence-corrected chi connectivity index (χ3v) is 6.77. The Bertz CT molecular complexity index is 1180. The molecule has 32 heavy (non-hydrogen) atoms. The number of carbonyl (C=O) groups excluding carboxylic acids is 1. The van der Waals surface area contributed by atoms with Crippen molar-refractivity contribution in [1.29, 1.82) is 0 Å². The molecular weight excluding hydrogens is 422 g/mol. The Kier molecular flexibility index (Phi) is 5.96. The molecule has 3 heterocycles. The number of para-hydroxylation sites is 1. The average Bonchev–Trinajstić information content (AvgIpc) is 3.45. The Morgan fingerprint density at radius 2 is 1.81 bits per heavy atom. The monoisotopic (exact) mass is 447 g/mol. The molecule has 7 nitrogen and oxygen atoms in total. The van der Waals surface area contributed by atoms with E-state index in [0.29, 0.717) is 24.6 Å². The summed E-state index contributed by atoms with van der Waals surface area (Å²) in [6.45, 7) is 6.08. The van der Waals surface area contributed by atoms with Crippen molar-refractivity contribution in [2.75, 3.05) is 26.2 Å². The van der Waals surface area contributed by atoms with Crippen molar-refractivity contribution in [2.24, 2.45) is 0 Å². The van der Waals surface area contributed by atoms with E-state index in [4.69, 9.17) is 9.51 Å². The lowest BCUT2D eigenvalue weighted by Gasteiger charge is -2.34. The standard InChI is InChI=1S/C24H25N5O2S/c1-17-6-8-18(9-7-17)24-26-21(31-27-24)10-11-23(30)29-14-12-28(13-15-29)16-22-25-19-4-2-3-5-20(19)32-22/h2-9H,10-16H2,1H3. The number of hydrogen-bond acceptors (Lipinski definition) is 7. The van der Waals surface area contributed by atoms with Crippen molar-refractivity contribution < 1.29 is 9.32 Å². The van der Waals surface area contributed by atoms with Crippen molar-refractivity contribution in [3.8, 4) is 11.4 Å². The molecule has 1 amide bonds. The topological polar surface area (TPSA) is 75.4 Å². The summed E-state index contributed by atoms with van der Waals surface area (Å²) in [6, 6.07) is 16.2. The molecule has 1 aliphatic rings. The lowest BCUT2D eigenvalue weighted by atomic mass is 10.1. The number of thiazole rings is 1. The van der Waals surface area contributed by atoms with Gasteiger partial charge in [0, 0.05) is 44.6 Å². The summed E-state index contributed by atoms with van der Waals surface area (Å²) in [7, 11) is 0. The van der Waals surface area contributed by atoms with Crippen LogP contribution in [-0.2, 0) is 17.8 Å². The van der Waals surface area contributed by atoms with E-state index < -0.39 is 0 Å². The third kappa shape index (κ3) is 4.71. The molecule has 0 saturated carbocycles. The lowest BCUT2D eigenvalue weighted by molar-refractivity contribution is -0.133. The first kappa shape index (κ1) is 20.8. The van der Waals surface area contributed by atoms with Gasteiger partial charge in [0.15, 0.2) is 0 Å². The van der Waals surface area contributed by atoms with E-state index in [2.05, 4.69) is 27.2 Å². The van der Waals surface area contributed by atoms with Gasteiger partial charge in [-0.05, 0) is 19.1 Å². The zero-order chi connectivity index (χ0) is 21.9. The molecule has 8 heteroatoms. The largest absolute Gasteiger partial charge is 0.340 e. The zero-order valence-corrected chi connectivity index (χ0v) is 18.8. The van der Waals surface area contributed by atoms with Crippen molar-refractivity contribution in [1.82, 2.24) is 24.9 Å². The minimum atomic E-state index is 0.139. The Morgan fingerprint density at radius 1 is 1.03 bits per heavy atom. The highest BCUT2D eigenvalue weighted by Crippen LogP contribution is 2.23. The van der Waals surface area contributed by atoms with E-state index in [9.17, 15) is 4.79 Å². The second-order valence-corrected chi connectivity index (χ2v) is 9.23. The summed E-state index contributed by atoms with van der Waals surface area (Å²) in [5.74, 6) is 1.21. The first-order valence-electron chi connectivity index (χ1n) is 10.9. The van der Waals surface area contributed by atoms with Crippen LogP contribution in [-0.4, -0.2) is 57.0 Å². The molecule has 2 aromatic heterocycles. The van der Waals surface area contributed by atoms with E-state index >= 15 is 0 Å². The maximum Gasteiger partial charge on any atom is 0.227 e. The molecule has 0 radical (unpaired) electrons. The molecule has 2 aromatic carbocycles. The number of hydrogen-bond donors (Lipinski definition) is 0. The van der Waals surface area contributed by atoms with Crippen LogP contribution in [0.25, 0.3) is 21.6 Å². The Hall–Kier alpha value is -3.10. The average molecular weight is 448 g/mol. The second kappa shape index (κ2) is 9.18. The van der Waals surface area contributed by atoms with Gasteiger partial charge in [-0.1, -0.05) is 47.1 Å². The van der Waals surface area contributed by atoms with E-state index in [1.54, 1.807) is 11.3 Å². The summed E-state index contributed by atoms with van der Waals surface area (Å²) >= 11 is 1.75. The Morgan fingerprint density at radius 3 is 2.59 bits per heavy atom. The number of aryl methyl sites for hydroxylation is 2. The molecule has 164 valence electrons. The quantitative estimate of drug-likeness (QED) is 0.446. The minimum Gasteiger partial charge on any atom is -0.340 e. The first-order chi connectivity index (χ1) is 15.6. The van der Waals surface area contributed by atoms with Crippen LogP contribution in [0.4, 0.5) is 0 Å².